The number of aryl methyl sites for hydroxylation is 1. The van der Waals surface area contributed by atoms with Crippen molar-refractivity contribution >= 4 is 43.8 Å². The zero-order valence-electron chi connectivity index (χ0n) is 33.9. The summed E-state index contributed by atoms with van der Waals surface area (Å²) in [4.78, 5) is 45.9. The number of hydrogen-bond acceptors (Lipinski definition) is 10. The second-order valence-electron chi connectivity index (χ2n) is 14.2. The zero-order chi connectivity index (χ0) is 42.3. The highest BCUT2D eigenvalue weighted by Gasteiger charge is 2.33. The van der Waals surface area contributed by atoms with Crippen LogP contribution in [0.25, 0.3) is 44.6 Å². The number of carbonyl (C=O) groups excluding carboxylic acids is 2. The maximum atomic E-state index is 13.2. The number of Topliss-reactive ketones (excluding diaryl/α,β-unsaturated/α-hetero) is 1. The molecular formula is C44H47N7O5S. The van der Waals surface area contributed by atoms with Gasteiger partial charge in [0, 0.05) is 49.7 Å². The summed E-state index contributed by atoms with van der Waals surface area (Å²) >= 11 is 0. The van der Waals surface area contributed by atoms with Crippen molar-refractivity contribution in [1.82, 2.24) is 28.9 Å². The Balaban J connectivity index is 0.000000260. The number of nitrogens with zero attached hydrogens (tertiary/aromatic N) is 6. The number of pyridine rings is 4. The summed E-state index contributed by atoms with van der Waals surface area (Å²) in [5.74, 6) is -0.490. The van der Waals surface area contributed by atoms with Crippen molar-refractivity contribution in [3.8, 4) is 28.6 Å². The molecule has 7 rings (SSSR count). The van der Waals surface area contributed by atoms with Crippen LogP contribution in [0.2, 0.25) is 0 Å². The molecule has 0 bridgehead atoms. The van der Waals surface area contributed by atoms with Crippen LogP contribution >= 0.6 is 0 Å². The Morgan fingerprint density at radius 3 is 2.05 bits per heavy atom. The van der Waals surface area contributed by atoms with Gasteiger partial charge in [0.25, 0.3) is 10.0 Å². The Morgan fingerprint density at radius 2 is 1.44 bits per heavy atom. The molecule has 57 heavy (non-hydrogen) atoms. The van der Waals surface area contributed by atoms with Crippen molar-refractivity contribution < 1.29 is 25.7 Å². The third kappa shape index (κ3) is 8.22. The lowest BCUT2D eigenvalue weighted by atomic mass is 9.82. The van der Waals surface area contributed by atoms with E-state index < -0.39 is 20.9 Å². The summed E-state index contributed by atoms with van der Waals surface area (Å²) in [5, 5.41) is 10.4. The summed E-state index contributed by atoms with van der Waals surface area (Å²) in [6.07, 6.45) is 6.52. The molecule has 0 saturated carbocycles. The van der Waals surface area contributed by atoms with Crippen molar-refractivity contribution in [3.05, 3.63) is 127 Å². The molecular weight excluding hydrogens is 739 g/mol. The Bertz CT molecular complexity index is 2740. The maximum absolute atomic E-state index is 13.2. The van der Waals surface area contributed by atoms with E-state index in [0.29, 0.717) is 28.1 Å². The van der Waals surface area contributed by atoms with E-state index in [-0.39, 0.29) is 37.1 Å². The van der Waals surface area contributed by atoms with Crippen LogP contribution < -0.4 is 0 Å². The fraction of sp³-hybridized carbons (Fsp3) is 0.250. The molecule has 0 aliphatic rings. The minimum Gasteiger partial charge on any atom is -0.465 e. The molecule has 1 N–H and O–H groups in total. The van der Waals surface area contributed by atoms with E-state index in [4.69, 9.17) is 18.0 Å². The van der Waals surface area contributed by atoms with Crippen molar-refractivity contribution in [2.75, 3.05) is 6.61 Å². The number of esters is 1. The summed E-state index contributed by atoms with van der Waals surface area (Å²) in [7, 11) is -3.81. The number of fused-ring (bicyclic) bond motifs is 2. The molecule has 0 radical (unpaired) electrons. The van der Waals surface area contributed by atoms with Crippen molar-refractivity contribution in [1.29, 1.82) is 5.26 Å². The quantitative estimate of drug-likeness (QED) is 0.132. The molecule has 6 heterocycles. The number of aromatic amines is 1. The number of rotatable bonds is 10. The summed E-state index contributed by atoms with van der Waals surface area (Å²) in [5.41, 5.74) is 4.67. The predicted molar refractivity (Wildman–Crippen MR) is 223 cm³/mol. The molecule has 0 atom stereocenters. The van der Waals surface area contributed by atoms with Gasteiger partial charge >= 0.3 is 5.97 Å². The van der Waals surface area contributed by atoms with Gasteiger partial charge in [-0.1, -0.05) is 37.3 Å². The number of hydrogen-bond donors (Lipinski definition) is 1. The SMILES string of the molecule is C.CC(C)(C(=O)CC#N)c1cccc(-c2ccnc3[nH]ccc23)n1.CCOC(=O)C(C)(C)c1cccc(-c2ccnc3c2ccn3S(=O)(=O)c2ccc(C)cc2)n1.[2H][2H]. The molecule has 0 fully saturated rings. The number of carbonyl (C=O) groups is 2. The Morgan fingerprint density at radius 1 is 0.842 bits per heavy atom. The van der Waals surface area contributed by atoms with Crippen LogP contribution in [0.4, 0.5) is 0 Å². The van der Waals surface area contributed by atoms with Crippen LogP contribution in [0, 0.1) is 18.3 Å². The van der Waals surface area contributed by atoms with Gasteiger partial charge < -0.3 is 9.72 Å². The smallest absolute Gasteiger partial charge is 0.317 e. The fourth-order valence-corrected chi connectivity index (χ4v) is 7.46. The maximum Gasteiger partial charge on any atom is 0.317 e. The monoisotopic (exact) mass is 787 g/mol. The number of benzene rings is 1. The van der Waals surface area contributed by atoms with Crippen LogP contribution in [-0.2, 0) is 35.2 Å². The number of aromatic nitrogens is 6. The summed E-state index contributed by atoms with van der Waals surface area (Å²) < 4.78 is 42.9. The molecule has 0 spiro atoms. The molecule has 0 saturated heterocycles. The fourth-order valence-electron chi connectivity index (χ4n) is 6.16. The first-order valence-electron chi connectivity index (χ1n) is 18.9. The molecule has 0 unspecified atom stereocenters. The average Bonchev–Trinajstić information content (AvgIpc) is 3.91. The van der Waals surface area contributed by atoms with E-state index in [1.807, 2.05) is 61.7 Å². The first-order valence-corrected chi connectivity index (χ1v) is 19.4. The van der Waals surface area contributed by atoms with Gasteiger partial charge in [-0.25, -0.2) is 22.4 Å². The van der Waals surface area contributed by atoms with Gasteiger partial charge in [-0.05, 0) is 102 Å². The third-order valence-electron chi connectivity index (χ3n) is 9.65. The van der Waals surface area contributed by atoms with Crippen LogP contribution in [0.1, 0.15) is 68.4 Å². The predicted octanol–water partition coefficient (Wildman–Crippen LogP) is 8.75. The number of ether oxygens (including phenoxy) is 1. The lowest BCUT2D eigenvalue weighted by Crippen LogP contribution is -2.32. The molecule has 12 nitrogen and oxygen atoms in total. The van der Waals surface area contributed by atoms with Crippen LogP contribution in [-0.4, -0.2) is 55.7 Å². The topological polar surface area (TPSA) is 174 Å². The minimum atomic E-state index is -3.81. The molecule has 0 aliphatic heterocycles. The van der Waals surface area contributed by atoms with Gasteiger partial charge in [-0.2, -0.15) is 5.26 Å². The molecule has 0 amide bonds. The second kappa shape index (κ2) is 16.7. The lowest BCUT2D eigenvalue weighted by Gasteiger charge is -2.22. The van der Waals surface area contributed by atoms with Crippen molar-refractivity contribution in [3.63, 3.8) is 0 Å². The number of ketones is 1. The highest BCUT2D eigenvalue weighted by Crippen LogP contribution is 2.32. The average molecular weight is 788 g/mol. The van der Waals surface area contributed by atoms with E-state index in [1.165, 1.54) is 10.2 Å². The third-order valence-corrected chi connectivity index (χ3v) is 11.3. The van der Waals surface area contributed by atoms with Gasteiger partial charge in [-0.15, -0.1) is 0 Å². The van der Waals surface area contributed by atoms with Gasteiger partial charge in [0.15, 0.2) is 11.4 Å². The van der Waals surface area contributed by atoms with Crippen molar-refractivity contribution in [2.45, 2.75) is 71.1 Å². The van der Waals surface area contributed by atoms with Crippen LogP contribution in [0.3, 0.4) is 0 Å². The Kier molecular flexibility index (Phi) is 11.8. The van der Waals surface area contributed by atoms with Gasteiger partial charge in [0.05, 0.1) is 52.2 Å². The zero-order valence-corrected chi connectivity index (χ0v) is 32.8. The minimum absolute atomic E-state index is 0. The first kappa shape index (κ1) is 40.2. The molecule has 294 valence electrons. The normalized spacial score (nSPS) is 11.7. The van der Waals surface area contributed by atoms with E-state index in [9.17, 15) is 18.0 Å². The number of nitrogens with one attached hydrogen (secondary N) is 1. The highest BCUT2D eigenvalue weighted by molar-refractivity contribution is 7.90. The second-order valence-corrected chi connectivity index (χ2v) is 16.0. The van der Waals surface area contributed by atoms with Gasteiger partial charge in [-0.3, -0.25) is 19.6 Å². The standard InChI is InChI=1S/C25H25N3O4S.C18H16N4O.CH4.H2/c1-5-32-24(29)25(3,4)22-8-6-7-21(27-22)19-13-15-26-23-20(19)14-16-28(23)33(30,31)18-11-9-17(2)10-12-18;1-18(2,16(23)6-9-19)15-5-3-4-14(22-15)12-7-10-20-17-13(12)8-11-21-17;;/h6-16H,5H2,1-4H3;3-5,7-8,10-11H,6H2,1-2H3,(H,20,21);1H4;1H/i;;;1+1D. The molecule has 6 aromatic heterocycles. The van der Waals surface area contributed by atoms with Crippen molar-refractivity contribution in [2.24, 2.45) is 0 Å². The number of nitriles is 1. The largest absolute Gasteiger partial charge is 0.465 e. The van der Waals surface area contributed by atoms with E-state index in [2.05, 4.69) is 19.9 Å². The molecule has 0 aliphatic carbocycles. The molecule has 7 aromatic rings. The van der Waals surface area contributed by atoms with E-state index in [1.54, 1.807) is 89.5 Å². The molecule has 13 heteroatoms. The highest BCUT2D eigenvalue weighted by atomic mass is 32.2. The number of H-pyrrole nitrogens is 1. The van der Waals surface area contributed by atoms with Crippen LogP contribution in [0.15, 0.2) is 115 Å². The van der Waals surface area contributed by atoms with E-state index in [0.717, 1.165) is 33.4 Å². The van der Waals surface area contributed by atoms with Crippen LogP contribution in [0.5, 0.6) is 0 Å². The molecule has 1 aromatic carbocycles. The van der Waals surface area contributed by atoms with Gasteiger partial charge in [0.1, 0.15) is 11.1 Å². The van der Waals surface area contributed by atoms with Gasteiger partial charge in [0.2, 0.25) is 0 Å². The Labute approximate surface area is 335 Å². The summed E-state index contributed by atoms with van der Waals surface area (Å²) in [6.45, 7) is 11.1. The van der Waals surface area contributed by atoms with E-state index >= 15 is 0 Å². The first-order chi connectivity index (χ1) is 27.7. The lowest BCUT2D eigenvalue weighted by molar-refractivity contribution is -0.149. The Hall–Kier alpha value is -6.52. The summed E-state index contributed by atoms with van der Waals surface area (Å²) in [6, 6.07) is 27.0.